The minimum absolute atomic E-state index is 0. The minimum Gasteiger partial charge on any atom is -1.00 e. The Hall–Kier alpha value is -2.74. The molecule has 0 N–H and O–H groups in total. The van der Waals surface area contributed by atoms with Crippen LogP contribution in [0, 0.1) is 0 Å². The summed E-state index contributed by atoms with van der Waals surface area (Å²) in [6.07, 6.45) is 9.03. The molecule has 4 rings (SSSR count). The number of ether oxygens (including phenoxy) is 1. The summed E-state index contributed by atoms with van der Waals surface area (Å²) in [4.78, 5) is 18.7. The second-order valence-corrected chi connectivity index (χ2v) is 5.94. The van der Waals surface area contributed by atoms with Gasteiger partial charge in [-0.3, -0.25) is 9.78 Å². The lowest BCUT2D eigenvalue weighted by atomic mass is 10.2. The van der Waals surface area contributed by atoms with Gasteiger partial charge in [0.05, 0.1) is 17.8 Å². The van der Waals surface area contributed by atoms with Crippen LogP contribution < -0.4 is 33.3 Å². The predicted octanol–water partition coefficient (Wildman–Crippen LogP) is 0.0461. The Morgan fingerprint density at radius 3 is 2.56 bits per heavy atom. The van der Waals surface area contributed by atoms with E-state index in [-0.39, 0.29) is 29.9 Å². The summed E-state index contributed by atoms with van der Waals surface area (Å²) >= 11 is 0. The zero-order valence-corrected chi connectivity index (χ0v) is 16.7. The van der Waals surface area contributed by atoms with Gasteiger partial charge in [-0.2, -0.15) is 0 Å². The van der Waals surface area contributed by atoms with Crippen molar-refractivity contribution in [3.05, 3.63) is 91.2 Å². The molecule has 1 aliphatic rings. The second kappa shape index (κ2) is 8.77. The third-order valence-corrected chi connectivity index (χ3v) is 4.27. The van der Waals surface area contributed by atoms with Crippen LogP contribution in [0.3, 0.4) is 0 Å². The van der Waals surface area contributed by atoms with Crippen molar-refractivity contribution in [3.63, 3.8) is 0 Å². The van der Waals surface area contributed by atoms with Crippen LogP contribution in [0.4, 0.5) is 0 Å². The van der Waals surface area contributed by atoms with Crippen LogP contribution in [0.15, 0.2) is 85.6 Å². The lowest BCUT2D eigenvalue weighted by molar-refractivity contribution is -0.695. The Morgan fingerprint density at radius 2 is 1.78 bits per heavy atom. The number of pyridine rings is 2. The highest BCUT2D eigenvalue weighted by atomic mass is 127. The van der Waals surface area contributed by atoms with Crippen molar-refractivity contribution < 1.29 is 38.1 Å². The normalized spacial score (nSPS) is 12.6. The van der Waals surface area contributed by atoms with E-state index in [1.807, 2.05) is 59.4 Å². The quantitative estimate of drug-likeness (QED) is 0.399. The number of hydrogen-bond donors (Lipinski definition) is 0. The molecule has 1 amide bonds. The second-order valence-electron chi connectivity index (χ2n) is 5.94. The van der Waals surface area contributed by atoms with Gasteiger partial charge in [0.15, 0.2) is 18.9 Å². The van der Waals surface area contributed by atoms with Crippen molar-refractivity contribution in [3.8, 4) is 17.0 Å². The number of benzene rings is 1. The molecule has 0 unspecified atom stereocenters. The van der Waals surface area contributed by atoms with Crippen LogP contribution in [0.25, 0.3) is 11.3 Å². The minimum atomic E-state index is -0.0555. The highest BCUT2D eigenvalue weighted by molar-refractivity contribution is 5.97. The van der Waals surface area contributed by atoms with Crippen LogP contribution in [0.1, 0.15) is 10.4 Å². The summed E-state index contributed by atoms with van der Waals surface area (Å²) in [7, 11) is 0. The molecular formula is C21H18IN3O2. The topological polar surface area (TPSA) is 46.3 Å². The van der Waals surface area contributed by atoms with Crippen molar-refractivity contribution >= 4 is 5.91 Å². The number of carbonyl (C=O) groups excluding carboxylic acids is 1. The first-order valence-corrected chi connectivity index (χ1v) is 8.45. The largest absolute Gasteiger partial charge is 1.00 e. The van der Waals surface area contributed by atoms with Gasteiger partial charge in [0.2, 0.25) is 0 Å². The third kappa shape index (κ3) is 4.33. The number of fused-ring (bicyclic) bond motifs is 1. The van der Waals surface area contributed by atoms with Crippen LogP contribution in [0.2, 0.25) is 0 Å². The lowest BCUT2D eigenvalue weighted by Crippen LogP contribution is -3.00. The summed E-state index contributed by atoms with van der Waals surface area (Å²) in [6.45, 7) is 1.24. The molecule has 3 aromatic rings. The van der Waals surface area contributed by atoms with Gasteiger partial charge < -0.3 is 33.6 Å². The van der Waals surface area contributed by atoms with Crippen LogP contribution in [-0.2, 0) is 6.54 Å². The highest BCUT2D eigenvalue weighted by Crippen LogP contribution is 2.22. The Bertz CT molecular complexity index is 943. The standard InChI is InChI=1S/C21H18N3O2.HI/c25-21-18-5-1-2-7-20(18)26-16-15-24(21)14-13-23-11-8-17(9-12-23)19-6-3-4-10-22-19;/h1-12,15-16H,13-14H2;1H/q+1;/p-1. The molecule has 0 spiro atoms. The van der Waals surface area contributed by atoms with Crippen LogP contribution in [-0.4, -0.2) is 22.3 Å². The number of aromatic nitrogens is 2. The zero-order valence-electron chi connectivity index (χ0n) is 14.5. The fraction of sp³-hybridized carbons (Fsp3) is 0.0952. The summed E-state index contributed by atoms with van der Waals surface area (Å²) in [5, 5.41) is 0. The number of carbonyl (C=O) groups is 1. The van der Waals surface area contributed by atoms with Crippen LogP contribution in [0.5, 0.6) is 5.75 Å². The third-order valence-electron chi connectivity index (χ3n) is 4.27. The summed E-state index contributed by atoms with van der Waals surface area (Å²) < 4.78 is 7.56. The lowest BCUT2D eigenvalue weighted by Gasteiger charge is -2.15. The van der Waals surface area contributed by atoms with E-state index in [9.17, 15) is 4.79 Å². The molecule has 3 heterocycles. The van der Waals surface area contributed by atoms with Gasteiger partial charge in [0, 0.05) is 30.1 Å². The number of nitrogens with zero attached hydrogens (tertiary/aromatic N) is 3. The van der Waals surface area contributed by atoms with Gasteiger partial charge in [0.1, 0.15) is 12.0 Å². The van der Waals surface area contributed by atoms with E-state index in [1.54, 1.807) is 35.7 Å². The molecular weight excluding hydrogens is 453 g/mol. The first-order chi connectivity index (χ1) is 12.8. The van der Waals surface area contributed by atoms with Gasteiger partial charge in [-0.05, 0) is 24.3 Å². The maximum atomic E-state index is 12.7. The molecule has 0 atom stereocenters. The van der Waals surface area contributed by atoms with Crippen molar-refractivity contribution in [2.45, 2.75) is 6.54 Å². The number of para-hydroxylation sites is 1. The van der Waals surface area contributed by atoms with Gasteiger partial charge >= 0.3 is 0 Å². The van der Waals surface area contributed by atoms with Crippen molar-refractivity contribution in [2.75, 3.05) is 6.54 Å². The van der Waals surface area contributed by atoms with E-state index in [2.05, 4.69) is 4.98 Å². The maximum absolute atomic E-state index is 12.7. The van der Waals surface area contributed by atoms with E-state index in [1.165, 1.54) is 0 Å². The molecule has 0 aliphatic carbocycles. The number of halogens is 1. The summed E-state index contributed by atoms with van der Waals surface area (Å²) in [5.41, 5.74) is 2.59. The van der Waals surface area contributed by atoms with E-state index in [0.29, 0.717) is 24.4 Å². The van der Waals surface area contributed by atoms with E-state index in [4.69, 9.17) is 4.74 Å². The molecule has 1 aromatic carbocycles. The van der Waals surface area contributed by atoms with Crippen molar-refractivity contribution in [1.82, 2.24) is 9.88 Å². The Morgan fingerprint density at radius 1 is 1.00 bits per heavy atom. The molecule has 6 heteroatoms. The summed E-state index contributed by atoms with van der Waals surface area (Å²) in [6, 6.07) is 17.2. The fourth-order valence-electron chi connectivity index (χ4n) is 2.86. The Kier molecular flexibility index (Phi) is 6.18. The molecule has 0 fully saturated rings. The smallest absolute Gasteiger partial charge is 0.261 e. The van der Waals surface area contributed by atoms with Gasteiger partial charge in [0.25, 0.3) is 5.91 Å². The SMILES string of the molecule is O=C1c2ccccc2OC=CN1CC[n+]1ccc(-c2ccccn2)cc1.[I-]. The number of rotatable bonds is 4. The number of amides is 1. The molecule has 0 saturated heterocycles. The zero-order chi connectivity index (χ0) is 17.8. The summed E-state index contributed by atoms with van der Waals surface area (Å²) in [5.74, 6) is 0.531. The average molecular weight is 471 g/mol. The first-order valence-electron chi connectivity index (χ1n) is 8.45. The van der Waals surface area contributed by atoms with Gasteiger partial charge in [-0.1, -0.05) is 18.2 Å². The Balaban J connectivity index is 0.00000210. The van der Waals surface area contributed by atoms with Crippen molar-refractivity contribution in [1.29, 1.82) is 0 Å². The Labute approximate surface area is 175 Å². The fourth-order valence-corrected chi connectivity index (χ4v) is 2.86. The molecule has 136 valence electrons. The van der Waals surface area contributed by atoms with Gasteiger partial charge in [-0.15, -0.1) is 0 Å². The van der Waals surface area contributed by atoms with Crippen LogP contribution >= 0.6 is 0 Å². The molecule has 27 heavy (non-hydrogen) atoms. The molecule has 1 aliphatic heterocycles. The molecule has 0 bridgehead atoms. The highest BCUT2D eigenvalue weighted by Gasteiger charge is 2.21. The van der Waals surface area contributed by atoms with Gasteiger partial charge in [-0.25, -0.2) is 4.57 Å². The molecule has 0 saturated carbocycles. The monoisotopic (exact) mass is 471 g/mol. The van der Waals surface area contributed by atoms with E-state index in [0.717, 1.165) is 11.3 Å². The number of hydrogen-bond acceptors (Lipinski definition) is 3. The molecule has 5 nitrogen and oxygen atoms in total. The predicted molar refractivity (Wildman–Crippen MR) is 97.1 cm³/mol. The molecule has 0 radical (unpaired) electrons. The molecule has 2 aromatic heterocycles. The first kappa shape index (κ1) is 19.0. The maximum Gasteiger partial charge on any atom is 0.261 e. The van der Waals surface area contributed by atoms with E-state index >= 15 is 0 Å². The van der Waals surface area contributed by atoms with Crippen molar-refractivity contribution in [2.24, 2.45) is 0 Å². The van der Waals surface area contributed by atoms with E-state index < -0.39 is 0 Å². The average Bonchev–Trinajstić information content (AvgIpc) is 2.87.